The average molecular weight is 525 g/mol. The molecule has 204 valence electrons. The molecule has 0 amide bonds. The number of carbonyl (C=O) groups is 1. The largest absolute Gasteiger partial charge is 0.487 e. The van der Waals surface area contributed by atoms with Crippen molar-refractivity contribution in [3.8, 4) is 11.5 Å². The molecular weight excluding hydrogens is 488 g/mol. The van der Waals surface area contributed by atoms with Crippen LogP contribution >= 0.6 is 0 Å². The number of aromatic nitrogens is 3. The number of nitrogens with one attached hydrogen (secondary N) is 1. The molecule has 0 fully saturated rings. The highest BCUT2D eigenvalue weighted by molar-refractivity contribution is 5.71. The molecule has 1 aromatic heterocycles. The van der Waals surface area contributed by atoms with Crippen LogP contribution < -0.4 is 26.5 Å². The second-order valence-electron chi connectivity index (χ2n) is 9.72. The molecule has 0 spiro atoms. The van der Waals surface area contributed by atoms with E-state index in [1.807, 2.05) is 58.9 Å². The minimum absolute atomic E-state index is 0.0553. The van der Waals surface area contributed by atoms with E-state index in [1.54, 1.807) is 25.1 Å². The Kier molecular flexibility index (Phi) is 9.33. The third-order valence-corrected chi connectivity index (χ3v) is 5.59. The molecule has 0 aliphatic carbocycles. The van der Waals surface area contributed by atoms with Gasteiger partial charge in [0.2, 0.25) is 5.62 Å². The van der Waals surface area contributed by atoms with E-state index in [0.29, 0.717) is 17.2 Å². The van der Waals surface area contributed by atoms with Crippen LogP contribution in [0.4, 0.5) is 5.69 Å². The van der Waals surface area contributed by atoms with Gasteiger partial charge in [-0.25, -0.2) is 19.1 Å². The standard InChI is InChI=1S/C28H36N4O6/c1-17(2)37-23-13-12-22(14-24(23)38-18(3)4)29-26-30-27(34)32(15-20(6)25(33)36-7)28(35)31(26)16-21-10-8-19(5)9-11-21/h8-14,17-18,20H,15-16H2,1-7H3,(H,29,30,34)/t20-/m0/s1. The molecule has 0 saturated heterocycles. The van der Waals surface area contributed by atoms with Gasteiger partial charge in [-0.3, -0.25) is 14.3 Å². The maximum Gasteiger partial charge on any atom is 0.335 e. The van der Waals surface area contributed by atoms with Gasteiger partial charge in [0.1, 0.15) is 0 Å². The Morgan fingerprint density at radius 1 is 0.921 bits per heavy atom. The number of ether oxygens (including phenoxy) is 3. The molecule has 0 bridgehead atoms. The van der Waals surface area contributed by atoms with Gasteiger partial charge in [-0.2, -0.15) is 0 Å². The minimum Gasteiger partial charge on any atom is -0.487 e. The number of hydrogen-bond acceptors (Lipinski definition) is 7. The Labute approximate surface area is 221 Å². The van der Waals surface area contributed by atoms with Crippen molar-refractivity contribution < 1.29 is 19.0 Å². The van der Waals surface area contributed by atoms with Crippen molar-refractivity contribution >= 4 is 11.7 Å². The summed E-state index contributed by atoms with van der Waals surface area (Å²) in [6.45, 7) is 11.3. The molecule has 38 heavy (non-hydrogen) atoms. The van der Waals surface area contributed by atoms with Crippen LogP contribution in [0.1, 0.15) is 45.7 Å². The number of rotatable bonds is 10. The highest BCUT2D eigenvalue weighted by Crippen LogP contribution is 2.33. The zero-order valence-electron chi connectivity index (χ0n) is 23.0. The maximum atomic E-state index is 13.6. The van der Waals surface area contributed by atoms with E-state index in [0.717, 1.165) is 15.7 Å². The van der Waals surface area contributed by atoms with Crippen LogP contribution in [-0.4, -0.2) is 39.4 Å². The van der Waals surface area contributed by atoms with E-state index >= 15 is 0 Å². The fourth-order valence-electron chi connectivity index (χ4n) is 3.76. The second kappa shape index (κ2) is 12.4. The van der Waals surface area contributed by atoms with Crippen molar-refractivity contribution in [2.45, 2.75) is 66.8 Å². The smallest absolute Gasteiger partial charge is 0.335 e. The molecule has 1 atom stereocenters. The molecule has 1 heterocycles. The van der Waals surface area contributed by atoms with Crippen LogP contribution in [0.25, 0.3) is 0 Å². The van der Waals surface area contributed by atoms with Gasteiger partial charge in [-0.1, -0.05) is 36.8 Å². The molecule has 0 aliphatic rings. The third kappa shape index (κ3) is 7.24. The lowest BCUT2D eigenvalue weighted by Gasteiger charge is -2.17. The number of aryl methyl sites for hydroxylation is 1. The lowest BCUT2D eigenvalue weighted by Crippen LogP contribution is -2.51. The van der Waals surface area contributed by atoms with Crippen molar-refractivity contribution in [2.75, 3.05) is 7.11 Å². The SMILES string of the molecule is COC(=O)[C@@H](C)Cn1c(=O)[nH]/c(=N\c2ccc(OC(C)C)c(OC(C)C)c2)n(Cc2ccc(C)cc2)c1=O. The summed E-state index contributed by atoms with van der Waals surface area (Å²) in [6.07, 6.45) is -0.160. The number of H-pyrrole nitrogens is 1. The van der Waals surface area contributed by atoms with Gasteiger partial charge in [-0.15, -0.1) is 0 Å². The van der Waals surface area contributed by atoms with Crippen LogP contribution in [0.15, 0.2) is 57.0 Å². The summed E-state index contributed by atoms with van der Waals surface area (Å²) in [6, 6.07) is 12.9. The van der Waals surface area contributed by atoms with Crippen LogP contribution in [0.2, 0.25) is 0 Å². The molecule has 10 nitrogen and oxygen atoms in total. The summed E-state index contributed by atoms with van der Waals surface area (Å²) in [5.41, 5.74) is 1.18. The topological polar surface area (TPSA) is 117 Å². The van der Waals surface area contributed by atoms with Crippen molar-refractivity contribution in [1.82, 2.24) is 14.1 Å². The summed E-state index contributed by atoms with van der Waals surface area (Å²) >= 11 is 0. The summed E-state index contributed by atoms with van der Waals surface area (Å²) in [5, 5.41) is 0. The minimum atomic E-state index is -0.696. The summed E-state index contributed by atoms with van der Waals surface area (Å²) in [7, 11) is 1.26. The van der Waals surface area contributed by atoms with Gasteiger partial charge in [0, 0.05) is 12.6 Å². The Hall–Kier alpha value is -4.08. The predicted octanol–water partition coefficient (Wildman–Crippen LogP) is 3.31. The van der Waals surface area contributed by atoms with Gasteiger partial charge in [0.05, 0.1) is 37.5 Å². The number of aromatic amines is 1. The molecule has 1 N–H and O–H groups in total. The molecule has 3 rings (SSSR count). The fourth-order valence-corrected chi connectivity index (χ4v) is 3.76. The van der Waals surface area contributed by atoms with Crippen molar-refractivity contribution in [3.05, 3.63) is 80.2 Å². The number of esters is 1. The number of nitrogens with zero attached hydrogens (tertiary/aromatic N) is 3. The molecule has 0 aliphatic heterocycles. The van der Waals surface area contributed by atoms with E-state index in [4.69, 9.17) is 14.2 Å². The number of methoxy groups -OCH3 is 1. The van der Waals surface area contributed by atoms with Crippen molar-refractivity contribution in [1.29, 1.82) is 0 Å². The van der Waals surface area contributed by atoms with Crippen molar-refractivity contribution in [3.63, 3.8) is 0 Å². The van der Waals surface area contributed by atoms with Crippen LogP contribution in [0.5, 0.6) is 11.5 Å². The van der Waals surface area contributed by atoms with Gasteiger partial charge < -0.3 is 14.2 Å². The first-order chi connectivity index (χ1) is 18.0. The molecule has 0 unspecified atom stereocenters. The fraction of sp³-hybridized carbons (Fsp3) is 0.429. The zero-order chi connectivity index (χ0) is 28.0. The van der Waals surface area contributed by atoms with Gasteiger partial charge in [-0.05, 0) is 52.3 Å². The van der Waals surface area contributed by atoms with E-state index in [9.17, 15) is 14.4 Å². The van der Waals surface area contributed by atoms with Gasteiger partial charge in [0.25, 0.3) is 0 Å². The van der Waals surface area contributed by atoms with Gasteiger partial charge in [0.15, 0.2) is 11.5 Å². The highest BCUT2D eigenvalue weighted by atomic mass is 16.5. The Morgan fingerprint density at radius 3 is 2.16 bits per heavy atom. The predicted molar refractivity (Wildman–Crippen MR) is 144 cm³/mol. The zero-order valence-corrected chi connectivity index (χ0v) is 23.0. The number of benzene rings is 2. The molecule has 3 aromatic rings. The quantitative estimate of drug-likeness (QED) is 0.407. The van der Waals surface area contributed by atoms with Crippen LogP contribution in [0, 0.1) is 12.8 Å². The van der Waals surface area contributed by atoms with E-state index in [-0.39, 0.29) is 30.9 Å². The first kappa shape index (κ1) is 28.5. The molecule has 0 saturated carbocycles. The van der Waals surface area contributed by atoms with Crippen LogP contribution in [-0.2, 0) is 22.6 Å². The third-order valence-electron chi connectivity index (χ3n) is 5.59. The lowest BCUT2D eigenvalue weighted by atomic mass is 10.1. The molecule has 10 heteroatoms. The average Bonchev–Trinajstić information content (AvgIpc) is 2.85. The summed E-state index contributed by atoms with van der Waals surface area (Å²) < 4.78 is 18.9. The lowest BCUT2D eigenvalue weighted by molar-refractivity contribution is -0.145. The first-order valence-corrected chi connectivity index (χ1v) is 12.6. The van der Waals surface area contributed by atoms with Gasteiger partial charge >= 0.3 is 17.3 Å². The number of hydrogen-bond donors (Lipinski definition) is 1. The summed E-state index contributed by atoms with van der Waals surface area (Å²) in [4.78, 5) is 45.8. The second-order valence-corrected chi connectivity index (χ2v) is 9.72. The number of carbonyl (C=O) groups excluding carboxylic acids is 1. The summed E-state index contributed by atoms with van der Waals surface area (Å²) in [5.74, 6) is -0.140. The van der Waals surface area contributed by atoms with Crippen molar-refractivity contribution in [2.24, 2.45) is 10.9 Å². The highest BCUT2D eigenvalue weighted by Gasteiger charge is 2.18. The Morgan fingerprint density at radius 2 is 1.55 bits per heavy atom. The Bertz CT molecular complexity index is 1450. The molecular formula is C28H36N4O6. The van der Waals surface area contributed by atoms with E-state index in [2.05, 4.69) is 9.98 Å². The monoisotopic (exact) mass is 524 g/mol. The molecule has 2 aromatic carbocycles. The first-order valence-electron chi connectivity index (χ1n) is 12.6. The normalized spacial score (nSPS) is 12.6. The molecule has 0 radical (unpaired) electrons. The van der Waals surface area contributed by atoms with Crippen LogP contribution in [0.3, 0.4) is 0 Å². The maximum absolute atomic E-state index is 13.6. The van der Waals surface area contributed by atoms with E-state index in [1.165, 1.54) is 11.7 Å². The van der Waals surface area contributed by atoms with E-state index < -0.39 is 23.3 Å². The Balaban J connectivity index is 2.18.